The molecule has 1 N–H and O–H groups in total. The quantitative estimate of drug-likeness (QED) is 0.756. The molecule has 0 fully saturated rings. The second kappa shape index (κ2) is 7.33. The Bertz CT molecular complexity index is 595. The fourth-order valence-electron chi connectivity index (χ4n) is 1.79. The van der Waals surface area contributed by atoms with Crippen molar-refractivity contribution in [2.75, 3.05) is 13.2 Å². The first-order valence-electron chi connectivity index (χ1n) is 6.81. The predicted octanol–water partition coefficient (Wildman–Crippen LogP) is 2.45. The molecule has 1 aromatic heterocycles. The van der Waals surface area contributed by atoms with Crippen molar-refractivity contribution in [3.8, 4) is 11.5 Å². The van der Waals surface area contributed by atoms with E-state index in [-0.39, 0.29) is 5.56 Å². The van der Waals surface area contributed by atoms with Crippen molar-refractivity contribution in [2.24, 2.45) is 0 Å². The monoisotopic (exact) mass is 290 g/mol. The maximum Gasteiger partial charge on any atom is 0.339 e. The number of benzene rings is 1. The number of carboxylic acid groups (broad SMARTS) is 1. The molecule has 1 aromatic carbocycles. The summed E-state index contributed by atoms with van der Waals surface area (Å²) >= 11 is 0. The molecule has 21 heavy (non-hydrogen) atoms. The molecule has 2 aromatic rings. The van der Waals surface area contributed by atoms with Gasteiger partial charge in [-0.3, -0.25) is 4.68 Å². The van der Waals surface area contributed by atoms with E-state index in [9.17, 15) is 4.79 Å². The summed E-state index contributed by atoms with van der Waals surface area (Å²) in [7, 11) is 0. The zero-order valence-electron chi connectivity index (χ0n) is 11.9. The molecule has 1 heterocycles. The van der Waals surface area contributed by atoms with Crippen molar-refractivity contribution in [1.29, 1.82) is 0 Å². The highest BCUT2D eigenvalue weighted by Crippen LogP contribution is 2.18. The van der Waals surface area contributed by atoms with E-state index >= 15 is 0 Å². The Morgan fingerprint density at radius 2 is 2.05 bits per heavy atom. The number of carbonyl (C=O) groups is 1. The van der Waals surface area contributed by atoms with Gasteiger partial charge in [0.05, 0.1) is 25.6 Å². The number of hydrogen-bond donors (Lipinski definition) is 1. The lowest BCUT2D eigenvalue weighted by Crippen LogP contribution is -2.07. The van der Waals surface area contributed by atoms with Gasteiger partial charge in [0.2, 0.25) is 0 Å². The second-order valence-electron chi connectivity index (χ2n) is 4.38. The molecule has 2 rings (SSSR count). The molecule has 0 saturated carbocycles. The summed E-state index contributed by atoms with van der Waals surface area (Å²) < 4.78 is 12.8. The number of aromatic nitrogens is 2. The summed E-state index contributed by atoms with van der Waals surface area (Å²) in [5.41, 5.74) is 0.169. The Morgan fingerprint density at radius 3 is 2.76 bits per heavy atom. The lowest BCUT2D eigenvalue weighted by molar-refractivity contribution is 0.0692. The topological polar surface area (TPSA) is 73.6 Å². The Hall–Kier alpha value is -2.50. The van der Waals surface area contributed by atoms with Crippen LogP contribution in [0.25, 0.3) is 0 Å². The first kappa shape index (κ1) is 14.9. The van der Waals surface area contributed by atoms with Crippen LogP contribution in [0.15, 0.2) is 36.7 Å². The third kappa shape index (κ3) is 4.24. The maximum atomic E-state index is 11.0. The Balaban J connectivity index is 1.74. The van der Waals surface area contributed by atoms with Gasteiger partial charge in [-0.15, -0.1) is 0 Å². The fraction of sp³-hybridized carbons (Fsp3) is 0.333. The van der Waals surface area contributed by atoms with Gasteiger partial charge in [0.1, 0.15) is 11.3 Å². The van der Waals surface area contributed by atoms with E-state index in [2.05, 4.69) is 5.10 Å². The van der Waals surface area contributed by atoms with E-state index in [1.807, 2.05) is 13.1 Å². The molecule has 0 amide bonds. The molecule has 0 radical (unpaired) electrons. The summed E-state index contributed by atoms with van der Waals surface area (Å²) in [4.78, 5) is 11.0. The molecule has 0 bridgehead atoms. The zero-order valence-corrected chi connectivity index (χ0v) is 11.9. The highest BCUT2D eigenvalue weighted by atomic mass is 16.5. The maximum absolute atomic E-state index is 11.0. The third-order valence-corrected chi connectivity index (χ3v) is 2.87. The predicted molar refractivity (Wildman–Crippen MR) is 76.9 cm³/mol. The van der Waals surface area contributed by atoms with E-state index in [1.165, 1.54) is 6.07 Å². The minimum absolute atomic E-state index is 0.169. The lowest BCUT2D eigenvalue weighted by Gasteiger charge is -2.09. The molecule has 0 aliphatic carbocycles. The second-order valence-corrected chi connectivity index (χ2v) is 4.38. The summed E-state index contributed by atoms with van der Waals surface area (Å²) in [6.45, 7) is 3.69. The molecule has 0 spiro atoms. The minimum Gasteiger partial charge on any atom is -0.493 e. The van der Waals surface area contributed by atoms with Gasteiger partial charge >= 0.3 is 5.97 Å². The number of carboxylic acids is 1. The van der Waals surface area contributed by atoms with Crippen molar-refractivity contribution in [2.45, 2.75) is 19.9 Å². The molecule has 0 aliphatic rings. The van der Waals surface area contributed by atoms with E-state index in [4.69, 9.17) is 14.6 Å². The number of aryl methyl sites for hydroxylation is 1. The van der Waals surface area contributed by atoms with Gasteiger partial charge in [-0.2, -0.15) is 5.10 Å². The van der Waals surface area contributed by atoms with Gasteiger partial charge in [-0.25, -0.2) is 4.79 Å². The summed E-state index contributed by atoms with van der Waals surface area (Å²) in [6, 6.07) is 6.59. The fourth-order valence-corrected chi connectivity index (χ4v) is 1.79. The van der Waals surface area contributed by atoms with Crippen LogP contribution in [0.2, 0.25) is 0 Å². The highest BCUT2D eigenvalue weighted by Gasteiger charge is 2.09. The summed E-state index contributed by atoms with van der Waals surface area (Å²) in [5.74, 6) is 0.111. The smallest absolute Gasteiger partial charge is 0.339 e. The van der Waals surface area contributed by atoms with Gasteiger partial charge in [0, 0.05) is 13.0 Å². The van der Waals surface area contributed by atoms with Crippen LogP contribution >= 0.6 is 0 Å². The number of ether oxygens (including phenoxy) is 2. The largest absolute Gasteiger partial charge is 0.493 e. The van der Waals surface area contributed by atoms with Crippen molar-refractivity contribution < 1.29 is 19.4 Å². The molecular weight excluding hydrogens is 272 g/mol. The van der Waals surface area contributed by atoms with Crippen LogP contribution in [0.1, 0.15) is 23.7 Å². The van der Waals surface area contributed by atoms with Crippen molar-refractivity contribution in [3.63, 3.8) is 0 Å². The third-order valence-electron chi connectivity index (χ3n) is 2.87. The average Bonchev–Trinajstić information content (AvgIpc) is 2.95. The first-order chi connectivity index (χ1) is 10.2. The Kier molecular flexibility index (Phi) is 5.20. The van der Waals surface area contributed by atoms with Crippen LogP contribution in [0.3, 0.4) is 0 Å². The van der Waals surface area contributed by atoms with E-state index in [0.717, 1.165) is 12.3 Å². The highest BCUT2D eigenvalue weighted by molar-refractivity contribution is 5.90. The average molecular weight is 290 g/mol. The molecule has 6 nitrogen and oxygen atoms in total. The number of rotatable bonds is 8. The van der Waals surface area contributed by atoms with Gasteiger partial charge in [0.25, 0.3) is 0 Å². The van der Waals surface area contributed by atoms with Crippen LogP contribution in [0, 0.1) is 0 Å². The van der Waals surface area contributed by atoms with Gasteiger partial charge < -0.3 is 14.6 Å². The molecule has 112 valence electrons. The van der Waals surface area contributed by atoms with E-state index < -0.39 is 5.97 Å². The van der Waals surface area contributed by atoms with Crippen LogP contribution in [-0.2, 0) is 6.54 Å². The number of hydrogen-bond acceptors (Lipinski definition) is 4. The minimum atomic E-state index is -0.992. The molecule has 0 saturated heterocycles. The summed E-state index contributed by atoms with van der Waals surface area (Å²) in [5, 5.41) is 13.1. The number of nitrogens with zero attached hydrogens (tertiary/aromatic N) is 2. The number of aromatic carboxylic acids is 1. The van der Waals surface area contributed by atoms with Crippen LogP contribution in [0.4, 0.5) is 0 Å². The van der Waals surface area contributed by atoms with Gasteiger partial charge in [0.15, 0.2) is 5.75 Å². The zero-order chi connectivity index (χ0) is 15.1. The number of para-hydroxylation sites is 1. The van der Waals surface area contributed by atoms with Gasteiger partial charge in [-0.05, 0) is 19.1 Å². The van der Waals surface area contributed by atoms with Crippen molar-refractivity contribution >= 4 is 5.97 Å². The van der Waals surface area contributed by atoms with Gasteiger partial charge in [-0.1, -0.05) is 12.1 Å². The molecule has 0 atom stereocenters. The molecule has 0 aliphatic heterocycles. The Labute approximate surface area is 122 Å². The molecule has 6 heteroatoms. The molecular formula is C15H18N2O4. The van der Waals surface area contributed by atoms with Crippen LogP contribution < -0.4 is 9.47 Å². The van der Waals surface area contributed by atoms with Crippen LogP contribution in [0.5, 0.6) is 11.5 Å². The van der Waals surface area contributed by atoms with Crippen molar-refractivity contribution in [3.05, 3.63) is 42.2 Å². The van der Waals surface area contributed by atoms with E-state index in [1.54, 1.807) is 29.1 Å². The SMILES string of the molecule is CCn1cc(OCCCOc2ccccc2C(=O)O)cn1. The Morgan fingerprint density at radius 1 is 1.29 bits per heavy atom. The lowest BCUT2D eigenvalue weighted by atomic mass is 10.2. The van der Waals surface area contributed by atoms with Crippen LogP contribution in [-0.4, -0.2) is 34.1 Å². The molecule has 0 unspecified atom stereocenters. The first-order valence-corrected chi connectivity index (χ1v) is 6.81. The standard InChI is InChI=1S/C15H18N2O4/c1-2-17-11-12(10-16-17)20-8-5-9-21-14-7-4-3-6-13(14)15(18)19/h3-4,6-7,10-11H,2,5,8-9H2,1H3,(H,18,19). The van der Waals surface area contributed by atoms with E-state index in [0.29, 0.717) is 25.4 Å². The normalized spacial score (nSPS) is 10.3. The summed E-state index contributed by atoms with van der Waals surface area (Å²) in [6.07, 6.45) is 4.16. The van der Waals surface area contributed by atoms with Crippen molar-refractivity contribution in [1.82, 2.24) is 9.78 Å².